The van der Waals surface area contributed by atoms with Crippen molar-refractivity contribution in [3.05, 3.63) is 107 Å². The van der Waals surface area contributed by atoms with Gasteiger partial charge < -0.3 is 15.0 Å². The van der Waals surface area contributed by atoms with E-state index in [4.69, 9.17) is 20.0 Å². The molecule has 0 aliphatic rings. The van der Waals surface area contributed by atoms with Crippen LogP contribution in [0.25, 0.3) is 11.0 Å². The van der Waals surface area contributed by atoms with E-state index in [-0.39, 0.29) is 6.61 Å². The number of ether oxygens (including phenoxy) is 1. The van der Waals surface area contributed by atoms with E-state index in [9.17, 15) is 0 Å². The maximum atomic E-state index is 8.89. The van der Waals surface area contributed by atoms with Crippen LogP contribution in [0.15, 0.2) is 90.2 Å². The zero-order chi connectivity index (χ0) is 25.6. The molecule has 3 aromatic carbocycles. The molecule has 2 heterocycles. The summed E-state index contributed by atoms with van der Waals surface area (Å²) in [5, 5.41) is 12.4. The molecule has 0 radical (unpaired) electrons. The fourth-order valence-electron chi connectivity index (χ4n) is 4.22. The lowest BCUT2D eigenvalue weighted by atomic mass is 10.0. The average Bonchev–Trinajstić information content (AvgIpc) is 3.45. The number of aliphatic imine (C=N–C) groups is 1. The van der Waals surface area contributed by atoms with Gasteiger partial charge in [0.25, 0.3) is 0 Å². The quantitative estimate of drug-likeness (QED) is 0.239. The van der Waals surface area contributed by atoms with Crippen molar-refractivity contribution in [2.75, 3.05) is 11.9 Å². The molecule has 0 aliphatic heterocycles. The molecule has 0 bridgehead atoms. The average molecular weight is 487 g/mol. The Hall–Kier alpha value is -4.96. The molecule has 37 heavy (non-hydrogen) atoms. The van der Waals surface area contributed by atoms with Gasteiger partial charge in [0, 0.05) is 28.4 Å². The third-order valence-corrected chi connectivity index (χ3v) is 6.12. The molecule has 0 saturated heterocycles. The molecule has 0 amide bonds. The van der Waals surface area contributed by atoms with Crippen molar-refractivity contribution in [1.29, 1.82) is 5.26 Å². The molecular formula is C30H26N6O. The van der Waals surface area contributed by atoms with E-state index >= 15 is 0 Å². The van der Waals surface area contributed by atoms with E-state index in [1.165, 1.54) is 0 Å². The largest absolute Gasteiger partial charge is 0.479 e. The standard InChI is InChI=1S/C30H26N6O/c1-3-21-14-15-24(37-17-16-31)18-25(21)34-29-20(2)26-28(33-19-32-26)30(36-29)35-27(22-10-6-4-7-11-22)23-12-8-5-9-13-23/h4-15,18-19H,3,17H2,1-2H3,(H,32,33)(H,34,36). The number of H-pyrrole nitrogens is 1. The summed E-state index contributed by atoms with van der Waals surface area (Å²) >= 11 is 0. The number of anilines is 2. The predicted molar refractivity (Wildman–Crippen MR) is 147 cm³/mol. The third-order valence-electron chi connectivity index (χ3n) is 6.12. The zero-order valence-corrected chi connectivity index (χ0v) is 20.7. The third kappa shape index (κ3) is 5.04. The van der Waals surface area contributed by atoms with Gasteiger partial charge in [-0.15, -0.1) is 0 Å². The highest BCUT2D eigenvalue weighted by molar-refractivity contribution is 6.14. The SMILES string of the molecule is CCc1ccc(OCC#N)cc1Nc1nc(N=C(c2ccccc2)c2ccccc2)c2[nH]cnc2c1C. The fourth-order valence-corrected chi connectivity index (χ4v) is 4.22. The number of hydrogen-bond donors (Lipinski definition) is 2. The highest BCUT2D eigenvalue weighted by atomic mass is 16.5. The molecule has 2 aromatic heterocycles. The first-order valence-electron chi connectivity index (χ1n) is 12.1. The molecule has 0 spiro atoms. The van der Waals surface area contributed by atoms with Crippen molar-refractivity contribution in [1.82, 2.24) is 15.0 Å². The molecule has 0 aliphatic carbocycles. The molecule has 0 unspecified atom stereocenters. The summed E-state index contributed by atoms with van der Waals surface area (Å²) in [4.78, 5) is 17.8. The Labute approximate surface area is 215 Å². The van der Waals surface area contributed by atoms with E-state index in [1.807, 2.05) is 91.9 Å². The molecule has 182 valence electrons. The number of rotatable bonds is 8. The molecule has 7 heteroatoms. The van der Waals surface area contributed by atoms with E-state index in [0.717, 1.165) is 51.1 Å². The van der Waals surface area contributed by atoms with Gasteiger partial charge in [0.05, 0.1) is 17.6 Å². The van der Waals surface area contributed by atoms with Crippen molar-refractivity contribution >= 4 is 34.1 Å². The van der Waals surface area contributed by atoms with E-state index in [1.54, 1.807) is 6.33 Å². The lowest BCUT2D eigenvalue weighted by molar-refractivity contribution is 0.368. The molecule has 0 saturated carbocycles. The number of nitriles is 1. The van der Waals surface area contributed by atoms with Crippen molar-refractivity contribution < 1.29 is 4.74 Å². The number of imidazole rings is 1. The Balaban J connectivity index is 1.65. The first-order valence-corrected chi connectivity index (χ1v) is 12.1. The van der Waals surface area contributed by atoms with E-state index < -0.39 is 0 Å². The fraction of sp³-hybridized carbons (Fsp3) is 0.133. The highest BCUT2D eigenvalue weighted by Crippen LogP contribution is 2.33. The number of fused-ring (bicyclic) bond motifs is 1. The summed E-state index contributed by atoms with van der Waals surface area (Å²) in [6.07, 6.45) is 2.49. The molecule has 0 atom stereocenters. The van der Waals surface area contributed by atoms with Crippen LogP contribution in [0.2, 0.25) is 0 Å². The summed E-state index contributed by atoms with van der Waals surface area (Å²) in [6, 6.07) is 28.0. The number of aryl methyl sites for hydroxylation is 2. The topological polar surface area (TPSA) is 99.0 Å². The maximum absolute atomic E-state index is 8.89. The van der Waals surface area contributed by atoms with Crippen molar-refractivity contribution in [3.63, 3.8) is 0 Å². The van der Waals surface area contributed by atoms with Gasteiger partial charge in [-0.3, -0.25) is 0 Å². The summed E-state index contributed by atoms with van der Waals surface area (Å²) in [6.45, 7) is 4.07. The summed E-state index contributed by atoms with van der Waals surface area (Å²) in [5.41, 5.74) is 7.25. The second-order valence-electron chi connectivity index (χ2n) is 8.47. The van der Waals surface area contributed by atoms with Crippen LogP contribution >= 0.6 is 0 Å². The Morgan fingerprint density at radius 2 is 1.73 bits per heavy atom. The van der Waals surface area contributed by atoms with E-state index in [2.05, 4.69) is 22.2 Å². The van der Waals surface area contributed by atoms with Crippen LogP contribution < -0.4 is 10.1 Å². The summed E-state index contributed by atoms with van der Waals surface area (Å²) in [5.74, 6) is 1.82. The molecule has 5 rings (SSSR count). The second kappa shape index (κ2) is 10.8. The molecule has 7 nitrogen and oxygen atoms in total. The predicted octanol–water partition coefficient (Wildman–Crippen LogP) is 6.64. The molecule has 5 aromatic rings. The van der Waals surface area contributed by atoms with Gasteiger partial charge in [-0.2, -0.15) is 5.26 Å². The van der Waals surface area contributed by atoms with Gasteiger partial charge in [-0.25, -0.2) is 15.0 Å². The lowest BCUT2D eigenvalue weighted by Gasteiger charge is -2.15. The minimum atomic E-state index is -0.0119. The Morgan fingerprint density at radius 3 is 2.38 bits per heavy atom. The first kappa shape index (κ1) is 23.8. The lowest BCUT2D eigenvalue weighted by Crippen LogP contribution is -2.05. The van der Waals surface area contributed by atoms with Crippen LogP contribution in [0.4, 0.5) is 17.3 Å². The van der Waals surface area contributed by atoms with Gasteiger partial charge in [0.1, 0.15) is 23.2 Å². The Morgan fingerprint density at radius 1 is 1.03 bits per heavy atom. The van der Waals surface area contributed by atoms with Crippen LogP contribution in [0.3, 0.4) is 0 Å². The van der Waals surface area contributed by atoms with Crippen LogP contribution in [0, 0.1) is 18.3 Å². The van der Waals surface area contributed by atoms with Gasteiger partial charge in [0.2, 0.25) is 0 Å². The maximum Gasteiger partial charge on any atom is 0.180 e. The zero-order valence-electron chi connectivity index (χ0n) is 20.7. The number of pyridine rings is 1. The van der Waals surface area contributed by atoms with Crippen LogP contribution in [-0.4, -0.2) is 27.3 Å². The van der Waals surface area contributed by atoms with Crippen molar-refractivity contribution in [2.24, 2.45) is 4.99 Å². The number of nitrogens with zero attached hydrogens (tertiary/aromatic N) is 4. The smallest absolute Gasteiger partial charge is 0.180 e. The summed E-state index contributed by atoms with van der Waals surface area (Å²) < 4.78 is 5.53. The number of benzene rings is 3. The highest BCUT2D eigenvalue weighted by Gasteiger charge is 2.16. The van der Waals surface area contributed by atoms with Gasteiger partial charge in [-0.1, -0.05) is 73.7 Å². The molecular weight excluding hydrogens is 460 g/mol. The normalized spacial score (nSPS) is 10.6. The van der Waals surface area contributed by atoms with Gasteiger partial charge in [-0.05, 0) is 25.0 Å². The monoisotopic (exact) mass is 486 g/mol. The van der Waals surface area contributed by atoms with Crippen LogP contribution in [0.5, 0.6) is 5.75 Å². The van der Waals surface area contributed by atoms with Crippen molar-refractivity contribution in [3.8, 4) is 11.8 Å². The molecule has 2 N–H and O–H groups in total. The van der Waals surface area contributed by atoms with Crippen molar-refractivity contribution in [2.45, 2.75) is 20.3 Å². The molecule has 0 fully saturated rings. The summed E-state index contributed by atoms with van der Waals surface area (Å²) in [7, 11) is 0. The minimum Gasteiger partial charge on any atom is -0.479 e. The number of nitrogens with one attached hydrogen (secondary N) is 2. The number of aromatic amines is 1. The van der Waals surface area contributed by atoms with E-state index in [0.29, 0.717) is 17.4 Å². The van der Waals surface area contributed by atoms with Gasteiger partial charge >= 0.3 is 0 Å². The second-order valence-corrected chi connectivity index (χ2v) is 8.47. The number of aromatic nitrogens is 3. The number of hydrogen-bond acceptors (Lipinski definition) is 6. The van der Waals surface area contributed by atoms with Crippen LogP contribution in [0.1, 0.15) is 29.2 Å². The van der Waals surface area contributed by atoms with Gasteiger partial charge in [0.15, 0.2) is 12.4 Å². The first-order chi connectivity index (χ1) is 18.2. The Kier molecular flexibility index (Phi) is 6.91. The minimum absolute atomic E-state index is 0.0119. The Bertz CT molecular complexity index is 1560. The van der Waals surface area contributed by atoms with Crippen LogP contribution in [-0.2, 0) is 6.42 Å².